The maximum atomic E-state index is 12.9. The Balaban J connectivity index is 1.64. The molecule has 0 amide bonds. The third kappa shape index (κ3) is 5.35. The van der Waals surface area contributed by atoms with E-state index in [1.165, 1.54) is 10.4 Å². The van der Waals surface area contributed by atoms with Crippen LogP contribution in [-0.4, -0.2) is 44.5 Å². The highest BCUT2D eigenvalue weighted by atomic mass is 79.9. The summed E-state index contributed by atoms with van der Waals surface area (Å²) in [5.41, 5.74) is 3.77. The van der Waals surface area contributed by atoms with Crippen molar-refractivity contribution in [3.05, 3.63) is 74.1 Å². The van der Waals surface area contributed by atoms with Crippen molar-refractivity contribution in [1.29, 1.82) is 0 Å². The van der Waals surface area contributed by atoms with Crippen molar-refractivity contribution in [2.75, 3.05) is 27.4 Å². The van der Waals surface area contributed by atoms with Gasteiger partial charge in [-0.05, 0) is 58.1 Å². The second-order valence-electron chi connectivity index (χ2n) is 7.85. The number of carbonyl (C=O) groups excluding carboxylic acids is 1. The van der Waals surface area contributed by atoms with Gasteiger partial charge in [0, 0.05) is 30.7 Å². The lowest BCUT2D eigenvalue weighted by atomic mass is 10.0. The average Bonchev–Trinajstić information content (AvgIpc) is 3.20. The predicted molar refractivity (Wildman–Crippen MR) is 139 cm³/mol. The Labute approximate surface area is 212 Å². The van der Waals surface area contributed by atoms with Crippen molar-refractivity contribution >= 4 is 44.5 Å². The molecule has 2 aromatic carbocycles. The van der Waals surface area contributed by atoms with Gasteiger partial charge in [0.2, 0.25) is 0 Å². The molecule has 0 N–H and O–H groups in total. The summed E-state index contributed by atoms with van der Waals surface area (Å²) in [6.45, 7) is 4.71. The Morgan fingerprint density at radius 1 is 1.21 bits per heavy atom. The molecule has 1 aromatic heterocycles. The maximum absolute atomic E-state index is 12.9. The fourth-order valence-corrected chi connectivity index (χ4v) is 5.91. The first-order chi connectivity index (χ1) is 16.5. The lowest BCUT2D eigenvalue weighted by molar-refractivity contribution is 0.0526. The minimum absolute atomic E-state index is 0.308. The monoisotopic (exact) mass is 542 g/mol. The second kappa shape index (κ2) is 11.2. The molecular weight excluding hydrogens is 516 g/mol. The molecule has 0 fully saturated rings. The normalized spacial score (nSPS) is 13.6. The highest BCUT2D eigenvalue weighted by molar-refractivity contribution is 9.10. The van der Waals surface area contributed by atoms with Crippen molar-refractivity contribution in [2.24, 2.45) is 4.99 Å². The zero-order valence-electron chi connectivity index (χ0n) is 19.5. The van der Waals surface area contributed by atoms with Gasteiger partial charge in [0.25, 0.3) is 0 Å². The van der Waals surface area contributed by atoms with Gasteiger partial charge in [-0.25, -0.2) is 9.79 Å². The van der Waals surface area contributed by atoms with Crippen LogP contribution in [0.4, 0.5) is 5.00 Å². The zero-order valence-corrected chi connectivity index (χ0v) is 21.9. The molecule has 0 unspecified atom stereocenters. The number of fused-ring (bicyclic) bond motifs is 1. The van der Waals surface area contributed by atoms with E-state index in [-0.39, 0.29) is 5.97 Å². The molecule has 1 aliphatic heterocycles. The van der Waals surface area contributed by atoms with Crippen LogP contribution in [0.5, 0.6) is 11.5 Å². The summed E-state index contributed by atoms with van der Waals surface area (Å²) in [5, 5.41) is 0.677. The Morgan fingerprint density at radius 2 is 2.00 bits per heavy atom. The third-order valence-electron chi connectivity index (χ3n) is 5.63. The molecule has 0 saturated carbocycles. The SMILES string of the molecule is CCOC(=O)c1c(N=Cc2cc(Br)c(OC)c(OC)c2)sc2c1CCN(Cc1ccccc1)C2. The van der Waals surface area contributed by atoms with E-state index in [2.05, 4.69) is 45.1 Å². The van der Waals surface area contributed by atoms with Gasteiger partial charge in [-0.2, -0.15) is 0 Å². The van der Waals surface area contributed by atoms with Gasteiger partial charge >= 0.3 is 5.97 Å². The smallest absolute Gasteiger partial charge is 0.341 e. The molecule has 0 atom stereocenters. The molecular formula is C26H27BrN2O4S. The van der Waals surface area contributed by atoms with Crippen molar-refractivity contribution < 1.29 is 19.0 Å². The summed E-state index contributed by atoms with van der Waals surface area (Å²) in [7, 11) is 3.19. The van der Waals surface area contributed by atoms with Crippen LogP contribution in [0.3, 0.4) is 0 Å². The van der Waals surface area contributed by atoms with Crippen LogP contribution in [0.1, 0.15) is 38.8 Å². The van der Waals surface area contributed by atoms with E-state index in [9.17, 15) is 4.79 Å². The number of hydrogen-bond acceptors (Lipinski definition) is 7. The number of benzene rings is 2. The second-order valence-corrected chi connectivity index (χ2v) is 9.79. The van der Waals surface area contributed by atoms with E-state index in [1.807, 2.05) is 25.1 Å². The molecule has 178 valence electrons. The van der Waals surface area contributed by atoms with Gasteiger partial charge in [-0.1, -0.05) is 30.3 Å². The first-order valence-electron chi connectivity index (χ1n) is 11.1. The minimum Gasteiger partial charge on any atom is -0.493 e. The van der Waals surface area contributed by atoms with Gasteiger partial charge in [-0.3, -0.25) is 4.90 Å². The highest BCUT2D eigenvalue weighted by Gasteiger charge is 2.28. The minimum atomic E-state index is -0.308. The molecule has 8 heteroatoms. The van der Waals surface area contributed by atoms with Crippen molar-refractivity contribution in [3.63, 3.8) is 0 Å². The Bertz CT molecular complexity index is 1190. The van der Waals surface area contributed by atoms with Crippen LogP contribution in [0.25, 0.3) is 0 Å². The summed E-state index contributed by atoms with van der Waals surface area (Å²) in [4.78, 5) is 21.2. The largest absolute Gasteiger partial charge is 0.493 e. The topological polar surface area (TPSA) is 60.4 Å². The zero-order chi connectivity index (χ0) is 24.1. The van der Waals surface area contributed by atoms with Crippen molar-refractivity contribution in [2.45, 2.75) is 26.4 Å². The number of methoxy groups -OCH3 is 2. The molecule has 3 aromatic rings. The van der Waals surface area contributed by atoms with Crippen molar-refractivity contribution in [3.8, 4) is 11.5 Å². The van der Waals surface area contributed by atoms with Crippen LogP contribution >= 0.6 is 27.3 Å². The quantitative estimate of drug-likeness (QED) is 0.257. The molecule has 0 bridgehead atoms. The Kier molecular flexibility index (Phi) is 8.03. The number of rotatable bonds is 8. The summed E-state index contributed by atoms with van der Waals surface area (Å²) in [6.07, 6.45) is 2.54. The van der Waals surface area contributed by atoms with Gasteiger partial charge in [0.05, 0.1) is 30.9 Å². The summed E-state index contributed by atoms with van der Waals surface area (Å²) < 4.78 is 17.0. The predicted octanol–water partition coefficient (Wildman–Crippen LogP) is 6.01. The Morgan fingerprint density at radius 3 is 2.71 bits per heavy atom. The van der Waals surface area contributed by atoms with Crippen LogP contribution < -0.4 is 9.47 Å². The fourth-order valence-electron chi connectivity index (χ4n) is 4.07. The van der Waals surface area contributed by atoms with Gasteiger partial charge < -0.3 is 14.2 Å². The van der Waals surface area contributed by atoms with E-state index in [0.29, 0.717) is 28.7 Å². The van der Waals surface area contributed by atoms with Gasteiger partial charge in [-0.15, -0.1) is 11.3 Å². The van der Waals surface area contributed by atoms with E-state index >= 15 is 0 Å². The molecule has 0 spiro atoms. The van der Waals surface area contributed by atoms with Crippen LogP contribution in [0.2, 0.25) is 0 Å². The average molecular weight is 543 g/mol. The number of thiophene rings is 1. The van der Waals surface area contributed by atoms with E-state index in [4.69, 9.17) is 19.2 Å². The first-order valence-corrected chi connectivity index (χ1v) is 12.7. The molecule has 6 nitrogen and oxygen atoms in total. The standard InChI is InChI=1S/C26H27BrN2O4S/c1-4-33-26(30)23-19-10-11-29(15-17-8-6-5-7-9-17)16-22(19)34-25(23)28-14-18-12-20(27)24(32-3)21(13-18)31-2/h5-9,12-14H,4,10-11,15-16H2,1-3H3. The lowest BCUT2D eigenvalue weighted by Crippen LogP contribution is -2.29. The van der Waals surface area contributed by atoms with E-state index in [1.54, 1.807) is 31.8 Å². The fraction of sp³-hybridized carbons (Fsp3) is 0.308. The van der Waals surface area contributed by atoms with Crippen molar-refractivity contribution in [1.82, 2.24) is 4.90 Å². The number of ether oxygens (including phenoxy) is 3. The maximum Gasteiger partial charge on any atom is 0.341 e. The van der Waals surface area contributed by atoms with Gasteiger partial charge in [0.1, 0.15) is 5.00 Å². The highest BCUT2D eigenvalue weighted by Crippen LogP contribution is 2.40. The van der Waals surface area contributed by atoms with Crippen LogP contribution in [0.15, 0.2) is 51.9 Å². The number of esters is 1. The van der Waals surface area contributed by atoms with E-state index in [0.717, 1.165) is 41.7 Å². The van der Waals surface area contributed by atoms with Gasteiger partial charge in [0.15, 0.2) is 11.5 Å². The number of aliphatic imine (C=N–C) groups is 1. The number of nitrogens with zero attached hydrogens (tertiary/aromatic N) is 2. The van der Waals surface area contributed by atoms with Crippen LogP contribution in [-0.2, 0) is 24.2 Å². The molecule has 0 radical (unpaired) electrons. The first kappa shape index (κ1) is 24.4. The molecule has 34 heavy (non-hydrogen) atoms. The molecule has 0 saturated heterocycles. The van der Waals surface area contributed by atoms with E-state index < -0.39 is 0 Å². The Hall–Kier alpha value is -2.68. The van der Waals surface area contributed by atoms with Crippen LogP contribution in [0, 0.1) is 0 Å². The molecule has 4 rings (SSSR count). The lowest BCUT2D eigenvalue weighted by Gasteiger charge is -2.27. The molecule has 2 heterocycles. The summed E-state index contributed by atoms with van der Waals surface area (Å²) in [5.74, 6) is 0.917. The third-order valence-corrected chi connectivity index (χ3v) is 7.35. The summed E-state index contributed by atoms with van der Waals surface area (Å²) in [6, 6.07) is 14.2. The number of hydrogen-bond donors (Lipinski definition) is 0. The number of carbonyl (C=O) groups is 1. The molecule has 0 aliphatic carbocycles. The molecule has 1 aliphatic rings. The summed E-state index contributed by atoms with van der Waals surface area (Å²) >= 11 is 5.08. The number of halogens is 1.